The number of aromatic nitrogens is 2. The van der Waals surface area contributed by atoms with Crippen molar-refractivity contribution in [3.8, 4) is 0 Å². The molecule has 0 aromatic carbocycles. The quantitative estimate of drug-likeness (QED) is 0.818. The van der Waals surface area contributed by atoms with Crippen LogP contribution in [-0.2, 0) is 6.54 Å². The van der Waals surface area contributed by atoms with Gasteiger partial charge in [-0.2, -0.15) is 0 Å². The maximum atomic E-state index is 4.19. The first kappa shape index (κ1) is 10.6. The van der Waals surface area contributed by atoms with Gasteiger partial charge in [0, 0.05) is 12.7 Å². The van der Waals surface area contributed by atoms with Crippen molar-refractivity contribution in [2.24, 2.45) is 5.92 Å². The Kier molecular flexibility index (Phi) is 4.09. The first-order valence-electron chi connectivity index (χ1n) is 5.91. The summed E-state index contributed by atoms with van der Waals surface area (Å²) in [6, 6.07) is 1.97. The van der Waals surface area contributed by atoms with Gasteiger partial charge in [-0.25, -0.2) is 9.97 Å². The summed E-state index contributed by atoms with van der Waals surface area (Å²) in [6.07, 6.45) is 10.5. The molecule has 1 aliphatic rings. The van der Waals surface area contributed by atoms with E-state index in [0.29, 0.717) is 0 Å². The van der Waals surface area contributed by atoms with Crippen LogP contribution in [0.4, 0.5) is 0 Å². The molecule has 1 heterocycles. The normalized spacial score (nSPS) is 17.9. The molecule has 1 saturated carbocycles. The minimum Gasteiger partial charge on any atom is -0.311 e. The highest BCUT2D eigenvalue weighted by Gasteiger charge is 2.12. The Morgan fingerprint density at radius 2 is 2.13 bits per heavy atom. The molecule has 0 aliphatic heterocycles. The summed E-state index contributed by atoms with van der Waals surface area (Å²) in [5.74, 6) is 0.889. The second-order valence-electron chi connectivity index (χ2n) is 4.34. The van der Waals surface area contributed by atoms with Crippen molar-refractivity contribution in [1.82, 2.24) is 15.3 Å². The molecule has 1 aromatic rings. The predicted molar refractivity (Wildman–Crippen MR) is 60.3 cm³/mol. The van der Waals surface area contributed by atoms with E-state index in [2.05, 4.69) is 15.3 Å². The number of nitrogens with one attached hydrogen (secondary N) is 1. The lowest BCUT2D eigenvalue weighted by atomic mass is 9.89. The van der Waals surface area contributed by atoms with Crippen molar-refractivity contribution in [1.29, 1.82) is 0 Å². The molecule has 0 saturated heterocycles. The van der Waals surface area contributed by atoms with E-state index in [1.165, 1.54) is 32.1 Å². The number of hydrogen-bond donors (Lipinski definition) is 1. The van der Waals surface area contributed by atoms with Crippen molar-refractivity contribution in [3.63, 3.8) is 0 Å². The van der Waals surface area contributed by atoms with E-state index in [0.717, 1.165) is 24.7 Å². The zero-order chi connectivity index (χ0) is 10.3. The van der Waals surface area contributed by atoms with Crippen LogP contribution in [0.2, 0.25) is 0 Å². The van der Waals surface area contributed by atoms with E-state index in [1.807, 2.05) is 6.07 Å². The summed E-state index contributed by atoms with van der Waals surface area (Å²) in [5, 5.41) is 3.48. The van der Waals surface area contributed by atoms with Crippen LogP contribution in [0.25, 0.3) is 0 Å². The third kappa shape index (κ3) is 3.59. The highest BCUT2D eigenvalue weighted by atomic mass is 14.9. The van der Waals surface area contributed by atoms with E-state index in [9.17, 15) is 0 Å². The molecule has 1 fully saturated rings. The van der Waals surface area contributed by atoms with Crippen LogP contribution in [0.3, 0.4) is 0 Å². The molecule has 3 nitrogen and oxygen atoms in total. The predicted octanol–water partition coefficient (Wildman–Crippen LogP) is 2.15. The van der Waals surface area contributed by atoms with Crippen molar-refractivity contribution in [3.05, 3.63) is 24.3 Å². The van der Waals surface area contributed by atoms with Gasteiger partial charge in [0.1, 0.15) is 6.33 Å². The van der Waals surface area contributed by atoms with E-state index in [1.54, 1.807) is 12.5 Å². The van der Waals surface area contributed by atoms with Gasteiger partial charge in [0.2, 0.25) is 0 Å². The van der Waals surface area contributed by atoms with Gasteiger partial charge in [0.05, 0.1) is 5.69 Å². The molecule has 1 aromatic heterocycles. The molecule has 2 rings (SSSR count). The van der Waals surface area contributed by atoms with Gasteiger partial charge in [-0.1, -0.05) is 19.3 Å². The van der Waals surface area contributed by atoms with E-state index < -0.39 is 0 Å². The Balaban J connectivity index is 1.66. The van der Waals surface area contributed by atoms with Gasteiger partial charge >= 0.3 is 0 Å². The molecule has 3 heteroatoms. The first-order chi connectivity index (χ1) is 7.45. The summed E-state index contributed by atoms with van der Waals surface area (Å²) in [7, 11) is 0. The van der Waals surface area contributed by atoms with E-state index >= 15 is 0 Å². The van der Waals surface area contributed by atoms with Crippen molar-refractivity contribution in [2.75, 3.05) is 6.54 Å². The van der Waals surface area contributed by atoms with Crippen LogP contribution in [0.5, 0.6) is 0 Å². The minimum atomic E-state index is 0.874. The molecular weight excluding hydrogens is 186 g/mol. The Morgan fingerprint density at radius 3 is 2.87 bits per heavy atom. The van der Waals surface area contributed by atoms with Crippen LogP contribution < -0.4 is 5.32 Å². The molecule has 15 heavy (non-hydrogen) atoms. The lowest BCUT2D eigenvalue weighted by molar-refractivity contribution is 0.341. The topological polar surface area (TPSA) is 37.8 Å². The monoisotopic (exact) mass is 205 g/mol. The largest absolute Gasteiger partial charge is 0.311 e. The van der Waals surface area contributed by atoms with Gasteiger partial charge in [0.15, 0.2) is 0 Å². The summed E-state index contributed by atoms with van der Waals surface area (Å²) >= 11 is 0. The Hall–Kier alpha value is -0.960. The lowest BCUT2D eigenvalue weighted by Crippen LogP contribution is -2.24. The Labute approximate surface area is 91.3 Å². The van der Waals surface area contributed by atoms with E-state index in [-0.39, 0.29) is 0 Å². The van der Waals surface area contributed by atoms with Crippen LogP contribution in [0, 0.1) is 5.92 Å². The zero-order valence-electron chi connectivity index (χ0n) is 9.15. The summed E-state index contributed by atoms with van der Waals surface area (Å²) in [5.41, 5.74) is 1.08. The Bertz CT molecular complexity index is 267. The Morgan fingerprint density at radius 1 is 1.27 bits per heavy atom. The van der Waals surface area contributed by atoms with Gasteiger partial charge in [-0.05, 0) is 31.4 Å². The molecule has 0 unspecified atom stereocenters. The standard InChI is InChI=1S/C12H19N3/c1-2-4-11(5-3-1)8-14-9-12-6-7-13-10-15-12/h6-7,10-11,14H,1-5,8-9H2. The first-order valence-corrected chi connectivity index (χ1v) is 5.91. The molecule has 1 N–H and O–H groups in total. The van der Waals surface area contributed by atoms with Gasteiger partial charge < -0.3 is 5.32 Å². The number of rotatable bonds is 4. The lowest BCUT2D eigenvalue weighted by Gasteiger charge is -2.21. The molecule has 0 amide bonds. The fourth-order valence-electron chi connectivity index (χ4n) is 2.22. The third-order valence-corrected chi connectivity index (χ3v) is 3.11. The molecular formula is C12H19N3. The van der Waals surface area contributed by atoms with Gasteiger partial charge in [-0.3, -0.25) is 0 Å². The molecule has 0 spiro atoms. The molecule has 0 bridgehead atoms. The van der Waals surface area contributed by atoms with Crippen molar-refractivity contribution >= 4 is 0 Å². The summed E-state index contributed by atoms with van der Waals surface area (Å²) < 4.78 is 0. The minimum absolute atomic E-state index is 0.874. The molecule has 1 aliphatic carbocycles. The van der Waals surface area contributed by atoms with Crippen LogP contribution in [0.1, 0.15) is 37.8 Å². The third-order valence-electron chi connectivity index (χ3n) is 3.11. The average Bonchev–Trinajstić information content (AvgIpc) is 2.32. The molecule has 82 valence electrons. The van der Waals surface area contributed by atoms with Crippen LogP contribution >= 0.6 is 0 Å². The van der Waals surface area contributed by atoms with Crippen molar-refractivity contribution in [2.45, 2.75) is 38.6 Å². The van der Waals surface area contributed by atoms with Gasteiger partial charge in [-0.15, -0.1) is 0 Å². The van der Waals surface area contributed by atoms with Crippen molar-refractivity contribution < 1.29 is 0 Å². The SMILES string of the molecule is c1cc(CNCC2CCCCC2)ncn1. The zero-order valence-corrected chi connectivity index (χ0v) is 9.15. The maximum absolute atomic E-state index is 4.19. The van der Waals surface area contributed by atoms with Crippen LogP contribution in [0.15, 0.2) is 18.6 Å². The number of hydrogen-bond acceptors (Lipinski definition) is 3. The fraction of sp³-hybridized carbons (Fsp3) is 0.667. The second-order valence-corrected chi connectivity index (χ2v) is 4.34. The second kappa shape index (κ2) is 5.81. The number of nitrogens with zero attached hydrogens (tertiary/aromatic N) is 2. The van der Waals surface area contributed by atoms with Crippen LogP contribution in [-0.4, -0.2) is 16.5 Å². The highest BCUT2D eigenvalue weighted by Crippen LogP contribution is 2.22. The highest BCUT2D eigenvalue weighted by molar-refractivity contribution is 4.96. The molecule has 0 atom stereocenters. The summed E-state index contributed by atoms with van der Waals surface area (Å²) in [4.78, 5) is 8.09. The maximum Gasteiger partial charge on any atom is 0.115 e. The van der Waals surface area contributed by atoms with E-state index in [4.69, 9.17) is 0 Å². The fourth-order valence-corrected chi connectivity index (χ4v) is 2.22. The smallest absolute Gasteiger partial charge is 0.115 e. The molecule has 0 radical (unpaired) electrons. The average molecular weight is 205 g/mol. The summed E-state index contributed by atoms with van der Waals surface area (Å²) in [6.45, 7) is 2.02. The van der Waals surface area contributed by atoms with Gasteiger partial charge in [0.25, 0.3) is 0 Å².